The minimum absolute atomic E-state index is 0.0516. The van der Waals surface area contributed by atoms with Crippen LogP contribution in [0.4, 0.5) is 17.6 Å². The number of phenols is 1. The second-order valence-electron chi connectivity index (χ2n) is 5.84. The van der Waals surface area contributed by atoms with E-state index in [0.717, 1.165) is 12.1 Å². The van der Waals surface area contributed by atoms with Gasteiger partial charge in [0.15, 0.2) is 11.6 Å². The highest BCUT2D eigenvalue weighted by Gasteiger charge is 2.39. The molecular formula is C17H15F4NO4S. The van der Waals surface area contributed by atoms with Crippen LogP contribution in [0.1, 0.15) is 12.5 Å². The Labute approximate surface area is 152 Å². The zero-order chi connectivity index (χ0) is 20.4. The number of nitrogens with one attached hydrogen (secondary N) is 1. The van der Waals surface area contributed by atoms with Crippen molar-refractivity contribution < 1.29 is 35.9 Å². The summed E-state index contributed by atoms with van der Waals surface area (Å²) in [5.41, 5.74) is 0.501. The molecule has 0 aliphatic heterocycles. The van der Waals surface area contributed by atoms with Gasteiger partial charge in [0.1, 0.15) is 0 Å². The number of phenolic OH excluding ortho intramolecular Hbond substituents is 1. The summed E-state index contributed by atoms with van der Waals surface area (Å²) in [7, 11) is -4.03. The van der Waals surface area contributed by atoms with Gasteiger partial charge in [0, 0.05) is 6.04 Å². The van der Waals surface area contributed by atoms with Crippen LogP contribution in [0.5, 0.6) is 5.75 Å². The van der Waals surface area contributed by atoms with E-state index in [0.29, 0.717) is 11.6 Å². The Kier molecular flexibility index (Phi) is 5.79. The normalized spacial score (nSPS) is 13.2. The van der Waals surface area contributed by atoms with Gasteiger partial charge in [-0.3, -0.25) is 4.79 Å². The summed E-state index contributed by atoms with van der Waals surface area (Å²) in [5, 5.41) is 10.9. The van der Waals surface area contributed by atoms with Crippen LogP contribution < -0.4 is 5.32 Å². The molecule has 0 spiro atoms. The van der Waals surface area contributed by atoms with Gasteiger partial charge in [-0.05, 0) is 49.2 Å². The molecule has 27 heavy (non-hydrogen) atoms. The van der Waals surface area contributed by atoms with Gasteiger partial charge in [0.05, 0.1) is 9.79 Å². The molecule has 0 aliphatic rings. The third kappa shape index (κ3) is 4.97. The number of hydrogen-bond donors (Lipinski definition) is 2. The van der Waals surface area contributed by atoms with E-state index in [1.807, 2.05) is 0 Å². The fourth-order valence-electron chi connectivity index (χ4n) is 2.31. The lowest BCUT2D eigenvalue weighted by molar-refractivity contribution is -0.174. The van der Waals surface area contributed by atoms with Crippen molar-refractivity contribution in [1.29, 1.82) is 0 Å². The van der Waals surface area contributed by atoms with E-state index in [1.165, 1.54) is 31.2 Å². The molecule has 0 radical (unpaired) electrons. The quantitative estimate of drug-likeness (QED) is 0.750. The van der Waals surface area contributed by atoms with Crippen LogP contribution in [-0.2, 0) is 21.1 Å². The summed E-state index contributed by atoms with van der Waals surface area (Å²) in [6.07, 6.45) is -4.93. The first-order valence-corrected chi connectivity index (χ1v) is 9.10. The molecule has 2 aromatic carbocycles. The van der Waals surface area contributed by atoms with Crippen molar-refractivity contribution in [3.8, 4) is 5.75 Å². The van der Waals surface area contributed by atoms with Gasteiger partial charge in [-0.25, -0.2) is 12.8 Å². The van der Waals surface area contributed by atoms with E-state index in [2.05, 4.69) is 0 Å². The first-order chi connectivity index (χ1) is 12.4. The summed E-state index contributed by atoms with van der Waals surface area (Å²) < 4.78 is 75.0. The number of carbonyl (C=O) groups is 1. The first kappa shape index (κ1) is 20.7. The SMILES string of the molecule is CC(Cc1ccc(S(=O)(=O)c2ccc(O)c(F)c2)cc1)NC(=O)C(F)(F)F. The second-order valence-corrected chi connectivity index (χ2v) is 7.79. The van der Waals surface area contributed by atoms with Crippen LogP contribution >= 0.6 is 0 Å². The molecule has 2 rings (SSSR count). The van der Waals surface area contributed by atoms with Crippen LogP contribution in [-0.4, -0.2) is 31.6 Å². The zero-order valence-electron chi connectivity index (χ0n) is 13.9. The third-order valence-corrected chi connectivity index (χ3v) is 5.41. The molecule has 0 aromatic heterocycles. The maximum atomic E-state index is 13.4. The average molecular weight is 405 g/mol. The Morgan fingerprint density at radius 3 is 2.19 bits per heavy atom. The van der Waals surface area contributed by atoms with Crippen molar-refractivity contribution in [2.45, 2.75) is 35.4 Å². The van der Waals surface area contributed by atoms with Crippen molar-refractivity contribution in [3.63, 3.8) is 0 Å². The molecule has 0 aliphatic carbocycles. The predicted molar refractivity (Wildman–Crippen MR) is 87.3 cm³/mol. The molecule has 5 nitrogen and oxygen atoms in total. The lowest BCUT2D eigenvalue weighted by Gasteiger charge is -2.15. The molecule has 0 bridgehead atoms. The average Bonchev–Trinajstić information content (AvgIpc) is 2.56. The summed E-state index contributed by atoms with van der Waals surface area (Å²) >= 11 is 0. The standard InChI is InChI=1S/C17H15F4NO4S/c1-10(22-16(24)17(19,20)21)8-11-2-4-12(5-3-11)27(25,26)13-6-7-15(23)14(18)9-13/h2-7,9-10,23H,8H2,1H3,(H,22,24). The first-order valence-electron chi connectivity index (χ1n) is 7.61. The molecule has 0 saturated heterocycles. The van der Waals surface area contributed by atoms with Gasteiger partial charge in [0.2, 0.25) is 9.84 Å². The van der Waals surface area contributed by atoms with Gasteiger partial charge in [-0.15, -0.1) is 0 Å². The van der Waals surface area contributed by atoms with E-state index in [9.17, 15) is 30.8 Å². The zero-order valence-corrected chi connectivity index (χ0v) is 14.7. The Hall–Kier alpha value is -2.62. The van der Waals surface area contributed by atoms with Crippen LogP contribution in [0, 0.1) is 5.82 Å². The number of sulfone groups is 1. The maximum Gasteiger partial charge on any atom is 0.471 e. The smallest absolute Gasteiger partial charge is 0.471 e. The van der Waals surface area contributed by atoms with Crippen molar-refractivity contribution in [2.75, 3.05) is 0 Å². The molecule has 2 N–H and O–H groups in total. The van der Waals surface area contributed by atoms with E-state index in [4.69, 9.17) is 5.11 Å². The third-order valence-electron chi connectivity index (χ3n) is 3.64. The Balaban J connectivity index is 2.14. The topological polar surface area (TPSA) is 83.5 Å². The molecule has 1 amide bonds. The highest BCUT2D eigenvalue weighted by atomic mass is 32.2. The minimum atomic E-state index is -4.98. The van der Waals surface area contributed by atoms with E-state index in [-0.39, 0.29) is 16.2 Å². The van der Waals surface area contributed by atoms with Crippen LogP contribution in [0.15, 0.2) is 52.3 Å². The summed E-state index contributed by atoms with van der Waals surface area (Å²) in [6.45, 7) is 1.38. The fraction of sp³-hybridized carbons (Fsp3) is 0.235. The minimum Gasteiger partial charge on any atom is -0.505 e. The van der Waals surface area contributed by atoms with Gasteiger partial charge >= 0.3 is 12.1 Å². The van der Waals surface area contributed by atoms with Gasteiger partial charge in [0.25, 0.3) is 0 Å². The van der Waals surface area contributed by atoms with E-state index >= 15 is 0 Å². The molecular weight excluding hydrogens is 390 g/mol. The molecule has 1 atom stereocenters. The molecule has 2 aromatic rings. The van der Waals surface area contributed by atoms with Gasteiger partial charge in [-0.1, -0.05) is 12.1 Å². The van der Waals surface area contributed by atoms with E-state index in [1.54, 1.807) is 5.32 Å². The maximum absolute atomic E-state index is 13.4. The lowest BCUT2D eigenvalue weighted by atomic mass is 10.1. The van der Waals surface area contributed by atoms with Crippen LogP contribution in [0.2, 0.25) is 0 Å². The highest BCUT2D eigenvalue weighted by molar-refractivity contribution is 7.91. The molecule has 146 valence electrons. The molecule has 0 saturated carbocycles. The number of rotatable bonds is 5. The summed E-state index contributed by atoms with van der Waals surface area (Å²) in [4.78, 5) is 10.4. The Bertz CT molecular complexity index is 940. The molecule has 10 heteroatoms. The number of carbonyl (C=O) groups excluding carboxylic acids is 1. The number of halogens is 4. The summed E-state index contributed by atoms with van der Waals surface area (Å²) in [5.74, 6) is -3.82. The summed E-state index contributed by atoms with van der Waals surface area (Å²) in [6, 6.07) is 7.07. The Morgan fingerprint density at radius 1 is 1.11 bits per heavy atom. The number of alkyl halides is 3. The van der Waals surface area contributed by atoms with Gasteiger partial charge in [-0.2, -0.15) is 13.2 Å². The fourth-order valence-corrected chi connectivity index (χ4v) is 3.58. The number of amides is 1. The monoisotopic (exact) mass is 405 g/mol. The Morgan fingerprint density at radius 2 is 1.67 bits per heavy atom. The van der Waals surface area contributed by atoms with Crippen LogP contribution in [0.3, 0.4) is 0 Å². The molecule has 0 fully saturated rings. The van der Waals surface area contributed by atoms with Crippen molar-refractivity contribution in [3.05, 3.63) is 53.8 Å². The molecule has 0 heterocycles. The van der Waals surface area contributed by atoms with Gasteiger partial charge < -0.3 is 10.4 Å². The number of hydrogen-bond acceptors (Lipinski definition) is 4. The second kappa shape index (κ2) is 7.55. The van der Waals surface area contributed by atoms with Crippen molar-refractivity contribution >= 4 is 15.7 Å². The molecule has 1 unspecified atom stereocenters. The number of benzene rings is 2. The lowest BCUT2D eigenvalue weighted by Crippen LogP contribution is -2.42. The van der Waals surface area contributed by atoms with Crippen LogP contribution in [0.25, 0.3) is 0 Å². The van der Waals surface area contributed by atoms with Crippen molar-refractivity contribution in [1.82, 2.24) is 5.32 Å². The van der Waals surface area contributed by atoms with E-state index < -0.39 is 39.5 Å². The largest absolute Gasteiger partial charge is 0.505 e. The number of aromatic hydroxyl groups is 1. The highest BCUT2D eigenvalue weighted by Crippen LogP contribution is 2.25. The van der Waals surface area contributed by atoms with Crippen molar-refractivity contribution in [2.24, 2.45) is 0 Å². The predicted octanol–water partition coefficient (Wildman–Crippen LogP) is 2.97.